The zero-order chi connectivity index (χ0) is 21.5. The average Bonchev–Trinajstić information content (AvgIpc) is 2.81. The summed E-state index contributed by atoms with van der Waals surface area (Å²) in [6, 6.07) is 0.289. The van der Waals surface area contributed by atoms with Crippen LogP contribution in [0, 0.1) is 5.92 Å². The van der Waals surface area contributed by atoms with Gasteiger partial charge in [0, 0.05) is 6.07 Å². The van der Waals surface area contributed by atoms with Crippen LogP contribution in [0.25, 0.3) is 11.0 Å². The molecule has 0 radical (unpaired) electrons. The van der Waals surface area contributed by atoms with Crippen molar-refractivity contribution in [3.63, 3.8) is 0 Å². The SMILES string of the molecule is CC(C)COCn1c(C(F)(F)F)nc2cc(OC(F)(F)F)c(C(F)(F)F)cc21. The van der Waals surface area contributed by atoms with Crippen LogP contribution in [0.4, 0.5) is 39.5 Å². The van der Waals surface area contributed by atoms with E-state index in [1.165, 1.54) is 0 Å². The minimum atomic E-state index is -5.48. The number of fused-ring (bicyclic) bond motifs is 1. The summed E-state index contributed by atoms with van der Waals surface area (Å²) >= 11 is 0. The van der Waals surface area contributed by atoms with E-state index in [-0.39, 0.29) is 24.7 Å². The first-order chi connectivity index (χ1) is 12.6. The van der Waals surface area contributed by atoms with Crippen LogP contribution in [0.1, 0.15) is 25.2 Å². The van der Waals surface area contributed by atoms with Crippen LogP contribution in [0.15, 0.2) is 12.1 Å². The van der Waals surface area contributed by atoms with Gasteiger partial charge < -0.3 is 9.47 Å². The molecule has 0 saturated carbocycles. The number of nitrogens with zero attached hydrogens (tertiary/aromatic N) is 2. The molecular formula is C15H13F9N2O2. The molecule has 0 aliphatic heterocycles. The summed E-state index contributed by atoms with van der Waals surface area (Å²) in [7, 11) is 0. The topological polar surface area (TPSA) is 36.3 Å². The summed E-state index contributed by atoms with van der Waals surface area (Å²) in [6.45, 7) is 2.59. The standard InChI is InChI=1S/C15H13F9N2O2/c1-7(2)5-27-6-26-10-3-8(13(16,17)18)11(28-15(22,23)24)4-9(10)25-12(26)14(19,20)21/h3-4,7H,5-6H2,1-2H3. The van der Waals surface area contributed by atoms with E-state index in [4.69, 9.17) is 4.74 Å². The first-order valence-electron chi connectivity index (χ1n) is 7.61. The monoisotopic (exact) mass is 424 g/mol. The number of hydrogen-bond acceptors (Lipinski definition) is 3. The molecule has 0 aliphatic rings. The first kappa shape index (κ1) is 22.1. The molecule has 0 fully saturated rings. The first-order valence-corrected chi connectivity index (χ1v) is 7.61. The van der Waals surface area contributed by atoms with Crippen LogP contribution in [-0.4, -0.2) is 22.5 Å². The van der Waals surface area contributed by atoms with Crippen LogP contribution in [-0.2, 0) is 23.8 Å². The Bertz CT molecular complexity index is 835. The molecule has 2 rings (SSSR count). The molecule has 13 heteroatoms. The van der Waals surface area contributed by atoms with Gasteiger partial charge >= 0.3 is 18.7 Å². The highest BCUT2D eigenvalue weighted by Gasteiger charge is 2.42. The van der Waals surface area contributed by atoms with Gasteiger partial charge in [-0.1, -0.05) is 13.8 Å². The van der Waals surface area contributed by atoms with Crippen molar-refractivity contribution in [1.29, 1.82) is 0 Å². The van der Waals surface area contributed by atoms with Gasteiger partial charge in [-0.05, 0) is 12.0 Å². The number of alkyl halides is 9. The number of aromatic nitrogens is 2. The molecule has 1 aromatic carbocycles. The van der Waals surface area contributed by atoms with Crippen LogP contribution in [0.3, 0.4) is 0 Å². The fourth-order valence-corrected chi connectivity index (χ4v) is 2.31. The summed E-state index contributed by atoms with van der Waals surface area (Å²) in [5, 5.41) is 0. The minimum Gasteiger partial charge on any atom is -0.405 e. The normalized spacial score (nSPS) is 13.6. The molecule has 0 aliphatic carbocycles. The van der Waals surface area contributed by atoms with Crippen molar-refractivity contribution in [3.8, 4) is 5.75 Å². The maximum Gasteiger partial charge on any atom is 0.573 e. The van der Waals surface area contributed by atoms with Gasteiger partial charge in [0.05, 0.1) is 17.6 Å². The zero-order valence-electron chi connectivity index (χ0n) is 14.3. The largest absolute Gasteiger partial charge is 0.573 e. The van der Waals surface area contributed by atoms with Gasteiger partial charge in [-0.15, -0.1) is 13.2 Å². The Balaban J connectivity index is 2.68. The van der Waals surface area contributed by atoms with Gasteiger partial charge in [0.2, 0.25) is 5.82 Å². The number of hydrogen-bond donors (Lipinski definition) is 0. The van der Waals surface area contributed by atoms with E-state index in [2.05, 4.69) is 9.72 Å². The van der Waals surface area contributed by atoms with Crippen LogP contribution < -0.4 is 4.74 Å². The third kappa shape index (κ3) is 5.20. The van der Waals surface area contributed by atoms with Crippen molar-refractivity contribution in [2.24, 2.45) is 5.92 Å². The molecule has 0 bridgehead atoms. The summed E-state index contributed by atoms with van der Waals surface area (Å²) in [5.41, 5.74) is -3.35. The number of rotatable bonds is 5. The number of benzene rings is 1. The van der Waals surface area contributed by atoms with Gasteiger partial charge in [-0.2, -0.15) is 26.3 Å². The van der Waals surface area contributed by atoms with Crippen LogP contribution in [0.5, 0.6) is 5.75 Å². The number of halogens is 9. The highest BCUT2D eigenvalue weighted by Crippen LogP contribution is 2.42. The van der Waals surface area contributed by atoms with E-state index < -0.39 is 53.6 Å². The highest BCUT2D eigenvalue weighted by molar-refractivity contribution is 5.79. The Hall–Kier alpha value is -2.18. The molecule has 1 aromatic heterocycles. The lowest BCUT2D eigenvalue weighted by molar-refractivity contribution is -0.276. The molecule has 28 heavy (non-hydrogen) atoms. The lowest BCUT2D eigenvalue weighted by Gasteiger charge is -2.16. The summed E-state index contributed by atoms with van der Waals surface area (Å²) in [4.78, 5) is 3.14. The molecule has 0 N–H and O–H groups in total. The number of imidazole rings is 1. The maximum absolute atomic E-state index is 13.2. The van der Waals surface area contributed by atoms with Gasteiger partial charge in [-0.25, -0.2) is 4.98 Å². The fourth-order valence-electron chi connectivity index (χ4n) is 2.31. The van der Waals surface area contributed by atoms with Crippen molar-refractivity contribution in [2.75, 3.05) is 6.61 Å². The Kier molecular flexibility index (Phi) is 5.79. The quantitative estimate of drug-likeness (QED) is 0.586. The third-order valence-electron chi connectivity index (χ3n) is 3.31. The average molecular weight is 424 g/mol. The molecule has 0 amide bonds. The predicted molar refractivity (Wildman–Crippen MR) is 77.2 cm³/mol. The van der Waals surface area contributed by atoms with E-state index in [9.17, 15) is 39.5 Å². The Morgan fingerprint density at radius 2 is 1.57 bits per heavy atom. The van der Waals surface area contributed by atoms with Crippen molar-refractivity contribution in [2.45, 2.75) is 39.3 Å². The van der Waals surface area contributed by atoms with E-state index in [1.807, 2.05) is 0 Å². The second-order valence-electron chi connectivity index (χ2n) is 6.14. The predicted octanol–water partition coefficient (Wildman–Crippen LogP) is 5.60. The lowest BCUT2D eigenvalue weighted by atomic mass is 10.1. The number of ether oxygens (including phenoxy) is 2. The minimum absolute atomic E-state index is 0.00162. The van der Waals surface area contributed by atoms with E-state index in [1.54, 1.807) is 13.8 Å². The van der Waals surface area contributed by atoms with E-state index in [0.29, 0.717) is 4.57 Å². The van der Waals surface area contributed by atoms with Gasteiger partial charge in [0.25, 0.3) is 0 Å². The Labute approximate surface area is 151 Å². The molecular weight excluding hydrogens is 411 g/mol. The van der Waals surface area contributed by atoms with Crippen molar-refractivity contribution < 1.29 is 49.0 Å². The van der Waals surface area contributed by atoms with Gasteiger partial charge in [0.1, 0.15) is 18.0 Å². The zero-order valence-corrected chi connectivity index (χ0v) is 14.3. The Morgan fingerprint density at radius 1 is 0.964 bits per heavy atom. The lowest BCUT2D eigenvalue weighted by Crippen LogP contribution is -2.20. The van der Waals surface area contributed by atoms with Crippen LogP contribution in [0.2, 0.25) is 0 Å². The molecule has 158 valence electrons. The van der Waals surface area contributed by atoms with Crippen molar-refractivity contribution in [1.82, 2.24) is 9.55 Å². The molecule has 4 nitrogen and oxygen atoms in total. The second-order valence-corrected chi connectivity index (χ2v) is 6.14. The molecule has 2 aromatic rings. The Morgan fingerprint density at radius 3 is 2.04 bits per heavy atom. The molecule has 0 atom stereocenters. The molecule has 1 heterocycles. The second kappa shape index (κ2) is 7.33. The summed E-state index contributed by atoms with van der Waals surface area (Å²) < 4.78 is 125. The highest BCUT2D eigenvalue weighted by atomic mass is 19.4. The maximum atomic E-state index is 13.2. The summed E-state index contributed by atoms with van der Waals surface area (Å²) in [6.07, 6.45) is -15.9. The summed E-state index contributed by atoms with van der Waals surface area (Å²) in [5.74, 6) is -3.39. The van der Waals surface area contributed by atoms with E-state index in [0.717, 1.165) is 0 Å². The molecule has 0 unspecified atom stereocenters. The smallest absolute Gasteiger partial charge is 0.405 e. The fraction of sp³-hybridized carbons (Fsp3) is 0.533. The molecule has 0 saturated heterocycles. The van der Waals surface area contributed by atoms with Crippen molar-refractivity contribution in [3.05, 3.63) is 23.5 Å². The third-order valence-corrected chi connectivity index (χ3v) is 3.31. The van der Waals surface area contributed by atoms with Gasteiger partial charge in [-0.3, -0.25) is 4.57 Å². The van der Waals surface area contributed by atoms with Crippen molar-refractivity contribution >= 4 is 11.0 Å². The van der Waals surface area contributed by atoms with E-state index >= 15 is 0 Å². The van der Waals surface area contributed by atoms with Gasteiger partial charge in [0.15, 0.2) is 0 Å². The molecule has 0 spiro atoms. The van der Waals surface area contributed by atoms with Crippen LogP contribution >= 0.6 is 0 Å².